The topological polar surface area (TPSA) is 113 Å². The zero-order valence-electron chi connectivity index (χ0n) is 13.7. The van der Waals surface area contributed by atoms with Crippen LogP contribution in [-0.2, 0) is 9.36 Å². The highest BCUT2D eigenvalue weighted by Crippen LogP contribution is 2.45. The van der Waals surface area contributed by atoms with E-state index in [9.17, 15) is 19.4 Å². The molecule has 7 heteroatoms. The third-order valence-electron chi connectivity index (χ3n) is 4.30. The molecule has 0 bridgehead atoms. The van der Waals surface area contributed by atoms with Gasteiger partial charge in [-0.3, -0.25) is 9.36 Å². The minimum atomic E-state index is -3.35. The summed E-state index contributed by atoms with van der Waals surface area (Å²) in [6.07, 6.45) is 4.55. The summed E-state index contributed by atoms with van der Waals surface area (Å²) in [4.78, 5) is 21.8. The van der Waals surface area contributed by atoms with Gasteiger partial charge in [-0.05, 0) is 24.7 Å². The van der Waals surface area contributed by atoms with Crippen molar-refractivity contribution in [2.75, 3.05) is 18.9 Å². The molecular formula is C15H31N2O4P. The molecule has 0 spiro atoms. The van der Waals surface area contributed by atoms with E-state index in [4.69, 9.17) is 5.73 Å². The van der Waals surface area contributed by atoms with Gasteiger partial charge >= 0.3 is 0 Å². The first-order valence-corrected chi connectivity index (χ1v) is 10.3. The maximum atomic E-state index is 12.2. The summed E-state index contributed by atoms with van der Waals surface area (Å²) in [5.74, 6) is -0.0396. The molecule has 1 rings (SSSR count). The SMILES string of the molecule is CC(C)[C@@H](N)C(=O)NC[C@@H](O)CP(=O)(O)CC1CCCCC1. The second-order valence-electron chi connectivity index (χ2n) is 6.88. The average Bonchev–Trinajstić information content (AvgIpc) is 2.43. The fraction of sp³-hybridized carbons (Fsp3) is 0.933. The van der Waals surface area contributed by atoms with Gasteiger partial charge in [0.1, 0.15) is 0 Å². The van der Waals surface area contributed by atoms with E-state index < -0.39 is 19.5 Å². The monoisotopic (exact) mass is 334 g/mol. The Hall–Kier alpha value is -0.420. The number of carbonyl (C=O) groups is 1. The van der Waals surface area contributed by atoms with Crippen molar-refractivity contribution in [3.05, 3.63) is 0 Å². The minimum Gasteiger partial charge on any atom is -0.391 e. The quantitative estimate of drug-likeness (QED) is 0.500. The van der Waals surface area contributed by atoms with Crippen molar-refractivity contribution in [2.24, 2.45) is 17.6 Å². The van der Waals surface area contributed by atoms with Crippen molar-refractivity contribution in [3.63, 3.8) is 0 Å². The summed E-state index contributed by atoms with van der Waals surface area (Å²) >= 11 is 0. The van der Waals surface area contributed by atoms with E-state index in [2.05, 4.69) is 5.32 Å². The van der Waals surface area contributed by atoms with Crippen molar-refractivity contribution in [3.8, 4) is 0 Å². The molecule has 0 saturated heterocycles. The zero-order chi connectivity index (χ0) is 16.8. The lowest BCUT2D eigenvalue weighted by atomic mass is 9.91. The zero-order valence-corrected chi connectivity index (χ0v) is 14.6. The lowest BCUT2D eigenvalue weighted by molar-refractivity contribution is -0.123. The molecule has 22 heavy (non-hydrogen) atoms. The number of carbonyl (C=O) groups excluding carboxylic acids is 1. The summed E-state index contributed by atoms with van der Waals surface area (Å²) in [5, 5.41) is 12.4. The molecule has 3 atom stereocenters. The van der Waals surface area contributed by atoms with Crippen molar-refractivity contribution < 1.29 is 19.4 Å². The Morgan fingerprint density at radius 3 is 2.45 bits per heavy atom. The van der Waals surface area contributed by atoms with Gasteiger partial charge in [0.15, 0.2) is 0 Å². The lowest BCUT2D eigenvalue weighted by Gasteiger charge is -2.25. The van der Waals surface area contributed by atoms with Gasteiger partial charge < -0.3 is 21.1 Å². The van der Waals surface area contributed by atoms with E-state index in [1.807, 2.05) is 13.8 Å². The maximum absolute atomic E-state index is 12.2. The van der Waals surface area contributed by atoms with Gasteiger partial charge in [-0.1, -0.05) is 33.1 Å². The second-order valence-corrected chi connectivity index (χ2v) is 9.31. The van der Waals surface area contributed by atoms with Gasteiger partial charge in [0.05, 0.1) is 18.3 Å². The minimum absolute atomic E-state index is 0.00684. The number of aliphatic hydroxyl groups excluding tert-OH is 1. The maximum Gasteiger partial charge on any atom is 0.237 e. The van der Waals surface area contributed by atoms with Gasteiger partial charge in [-0.15, -0.1) is 0 Å². The molecule has 0 aromatic heterocycles. The molecule has 5 N–H and O–H groups in total. The van der Waals surface area contributed by atoms with Crippen LogP contribution in [0.3, 0.4) is 0 Å². The van der Waals surface area contributed by atoms with E-state index in [0.29, 0.717) is 5.92 Å². The number of nitrogens with one attached hydrogen (secondary N) is 1. The lowest BCUT2D eigenvalue weighted by Crippen LogP contribution is -2.46. The van der Waals surface area contributed by atoms with Gasteiger partial charge in [0.2, 0.25) is 13.3 Å². The number of hydrogen-bond acceptors (Lipinski definition) is 4. The highest BCUT2D eigenvalue weighted by Gasteiger charge is 2.28. The summed E-state index contributed by atoms with van der Waals surface area (Å²) in [5.41, 5.74) is 5.70. The van der Waals surface area contributed by atoms with Gasteiger partial charge in [0, 0.05) is 12.7 Å². The Kier molecular flexibility index (Phi) is 8.04. The predicted molar refractivity (Wildman–Crippen MR) is 88.0 cm³/mol. The van der Waals surface area contributed by atoms with Crippen LogP contribution < -0.4 is 11.1 Å². The van der Waals surface area contributed by atoms with Gasteiger partial charge in [-0.25, -0.2) is 0 Å². The van der Waals surface area contributed by atoms with E-state index in [1.165, 1.54) is 6.42 Å². The second kappa shape index (κ2) is 9.02. The number of amides is 1. The first kappa shape index (κ1) is 19.6. The molecule has 1 aliphatic carbocycles. The number of hydrogen-bond donors (Lipinski definition) is 4. The van der Waals surface area contributed by atoms with Crippen LogP contribution in [0.25, 0.3) is 0 Å². The van der Waals surface area contributed by atoms with Gasteiger partial charge in [-0.2, -0.15) is 0 Å². The fourth-order valence-electron chi connectivity index (χ4n) is 2.88. The van der Waals surface area contributed by atoms with E-state index in [1.54, 1.807) is 0 Å². The Bertz CT molecular complexity index is 397. The van der Waals surface area contributed by atoms with Crippen molar-refractivity contribution in [2.45, 2.75) is 58.1 Å². The van der Waals surface area contributed by atoms with Crippen LogP contribution in [-0.4, -0.2) is 46.9 Å². The summed E-state index contributed by atoms with van der Waals surface area (Å²) in [7, 11) is -3.35. The molecule has 0 aromatic carbocycles. The fourth-order valence-corrected chi connectivity index (χ4v) is 4.99. The van der Waals surface area contributed by atoms with Crippen LogP contribution in [0.5, 0.6) is 0 Å². The van der Waals surface area contributed by atoms with Crippen LogP contribution in [0.15, 0.2) is 0 Å². The smallest absolute Gasteiger partial charge is 0.237 e. The van der Waals surface area contributed by atoms with Crippen LogP contribution in [0.1, 0.15) is 46.0 Å². The number of nitrogens with two attached hydrogens (primary N) is 1. The summed E-state index contributed by atoms with van der Waals surface area (Å²) in [6, 6.07) is -0.629. The van der Waals surface area contributed by atoms with Gasteiger partial charge in [0.25, 0.3) is 0 Å². The molecule has 130 valence electrons. The van der Waals surface area contributed by atoms with E-state index in [-0.39, 0.29) is 30.7 Å². The summed E-state index contributed by atoms with van der Waals surface area (Å²) in [6.45, 7) is 3.65. The molecular weight excluding hydrogens is 303 g/mol. The van der Waals surface area contributed by atoms with E-state index in [0.717, 1.165) is 25.7 Å². The van der Waals surface area contributed by atoms with E-state index >= 15 is 0 Å². The third-order valence-corrected chi connectivity index (χ3v) is 6.38. The molecule has 1 aliphatic rings. The molecule has 0 heterocycles. The highest BCUT2D eigenvalue weighted by molar-refractivity contribution is 7.58. The molecule has 1 saturated carbocycles. The molecule has 1 unspecified atom stereocenters. The summed E-state index contributed by atoms with van der Waals surface area (Å²) < 4.78 is 12.2. The van der Waals surface area contributed by atoms with Crippen LogP contribution >= 0.6 is 7.37 Å². The Morgan fingerprint density at radius 1 is 1.32 bits per heavy atom. The van der Waals surface area contributed by atoms with Crippen LogP contribution in [0, 0.1) is 11.8 Å². The Balaban J connectivity index is 2.34. The number of aliphatic hydroxyl groups is 1. The molecule has 6 nitrogen and oxygen atoms in total. The van der Waals surface area contributed by atoms with Crippen LogP contribution in [0.4, 0.5) is 0 Å². The molecule has 1 amide bonds. The largest absolute Gasteiger partial charge is 0.391 e. The Morgan fingerprint density at radius 2 is 1.91 bits per heavy atom. The molecule has 1 fully saturated rings. The van der Waals surface area contributed by atoms with Crippen LogP contribution in [0.2, 0.25) is 0 Å². The molecule has 0 radical (unpaired) electrons. The highest BCUT2D eigenvalue weighted by atomic mass is 31.2. The Labute approximate surface area is 133 Å². The normalized spacial score (nSPS) is 22.1. The predicted octanol–water partition coefficient (Wildman–Crippen LogP) is 1.30. The van der Waals surface area contributed by atoms with Crippen molar-refractivity contribution >= 4 is 13.3 Å². The first-order chi connectivity index (χ1) is 10.2. The van der Waals surface area contributed by atoms with Crippen molar-refractivity contribution in [1.82, 2.24) is 5.32 Å². The van der Waals surface area contributed by atoms with Crippen molar-refractivity contribution in [1.29, 1.82) is 0 Å². The average molecular weight is 334 g/mol. The first-order valence-electron chi connectivity index (χ1n) is 8.23. The third kappa shape index (κ3) is 7.23. The molecule has 0 aromatic rings. The molecule has 0 aliphatic heterocycles. The standard InChI is InChI=1S/C15H31N2O4P/c1-11(2)14(16)15(19)17-8-13(18)10-22(20,21)9-12-6-4-3-5-7-12/h11-14,18H,3-10,16H2,1-2H3,(H,17,19)(H,20,21)/t13-,14-/m1/s1. The number of rotatable bonds is 8.